The van der Waals surface area contributed by atoms with Crippen LogP contribution in [0.4, 0.5) is 23.7 Å². The van der Waals surface area contributed by atoms with E-state index in [-0.39, 0.29) is 11.6 Å². The van der Waals surface area contributed by atoms with Crippen LogP contribution in [-0.2, 0) is 6.42 Å². The Morgan fingerprint density at radius 1 is 1.27 bits per heavy atom. The van der Waals surface area contributed by atoms with Gasteiger partial charge in [-0.3, -0.25) is 4.98 Å². The monoisotopic (exact) mass is 432 g/mol. The van der Waals surface area contributed by atoms with Crippen molar-refractivity contribution in [1.82, 2.24) is 15.3 Å². The predicted molar refractivity (Wildman–Crippen MR) is 93.2 cm³/mol. The van der Waals surface area contributed by atoms with Crippen LogP contribution in [0.1, 0.15) is 11.3 Å². The normalized spacial score (nSPS) is 11.1. The summed E-state index contributed by atoms with van der Waals surface area (Å²) in [5.74, 6) is -0.316. The molecule has 6 nitrogen and oxygen atoms in total. The largest absolute Gasteiger partial charge is 0.467 e. The third-order valence-electron chi connectivity index (χ3n) is 3.11. The van der Waals surface area contributed by atoms with Crippen molar-refractivity contribution < 1.29 is 22.7 Å². The Morgan fingerprint density at radius 3 is 2.69 bits per heavy atom. The molecule has 0 saturated heterocycles. The maximum Gasteiger partial charge on any atom is 0.422 e. The van der Waals surface area contributed by atoms with Crippen molar-refractivity contribution in [3.8, 4) is 5.88 Å². The number of aromatic nitrogens is 2. The van der Waals surface area contributed by atoms with E-state index in [9.17, 15) is 18.0 Å². The summed E-state index contributed by atoms with van der Waals surface area (Å²) in [5, 5.41) is 5.05. The number of aryl methyl sites for hydroxylation is 1. The minimum absolute atomic E-state index is 0.0260. The lowest BCUT2D eigenvalue weighted by molar-refractivity contribution is -0.153. The minimum atomic E-state index is -4.50. The van der Waals surface area contributed by atoms with Gasteiger partial charge in [-0.15, -0.1) is 0 Å². The van der Waals surface area contributed by atoms with Crippen LogP contribution in [0.2, 0.25) is 0 Å². The summed E-state index contributed by atoms with van der Waals surface area (Å²) in [6.45, 7) is 0.703. The number of ether oxygens (including phenoxy) is 1. The number of carbonyl (C=O) groups is 1. The van der Waals surface area contributed by atoms with E-state index in [0.29, 0.717) is 17.4 Å². The molecule has 140 valence electrons. The van der Waals surface area contributed by atoms with Crippen molar-refractivity contribution in [2.45, 2.75) is 19.5 Å². The second-order valence-electron chi connectivity index (χ2n) is 5.35. The number of anilines is 1. The lowest BCUT2D eigenvalue weighted by Gasteiger charge is -2.13. The average Bonchev–Trinajstić information content (AvgIpc) is 2.55. The Kier molecular flexibility index (Phi) is 6.78. The average molecular weight is 433 g/mol. The Bertz CT molecular complexity index is 754. The summed E-state index contributed by atoms with van der Waals surface area (Å²) in [4.78, 5) is 19.9. The summed E-state index contributed by atoms with van der Waals surface area (Å²) in [6.07, 6.45) is -0.944. The van der Waals surface area contributed by atoms with E-state index in [2.05, 4.69) is 41.3 Å². The Hall–Kier alpha value is -2.36. The first-order valence-electron chi connectivity index (χ1n) is 7.54. The van der Waals surface area contributed by atoms with Crippen molar-refractivity contribution in [3.63, 3.8) is 0 Å². The van der Waals surface area contributed by atoms with Crippen molar-refractivity contribution in [1.29, 1.82) is 0 Å². The smallest absolute Gasteiger partial charge is 0.422 e. The van der Waals surface area contributed by atoms with Crippen LogP contribution in [0.15, 0.2) is 35.1 Å². The molecule has 26 heavy (non-hydrogen) atoms. The van der Waals surface area contributed by atoms with Gasteiger partial charge in [-0.1, -0.05) is 6.07 Å². The molecule has 0 radical (unpaired) electrons. The molecule has 0 aromatic carbocycles. The van der Waals surface area contributed by atoms with Gasteiger partial charge in [-0.25, -0.2) is 9.78 Å². The summed E-state index contributed by atoms with van der Waals surface area (Å²) in [6, 6.07) is 4.60. The molecular formula is C16H16BrF3N4O2. The maximum absolute atomic E-state index is 12.3. The van der Waals surface area contributed by atoms with E-state index in [1.54, 1.807) is 6.20 Å². The molecule has 2 aromatic heterocycles. The second kappa shape index (κ2) is 8.84. The molecule has 0 bridgehead atoms. The lowest BCUT2D eigenvalue weighted by atomic mass is 10.2. The number of pyridine rings is 2. The number of hydrogen-bond acceptors (Lipinski definition) is 4. The van der Waals surface area contributed by atoms with E-state index < -0.39 is 18.8 Å². The van der Waals surface area contributed by atoms with Crippen molar-refractivity contribution in [2.24, 2.45) is 0 Å². The summed E-state index contributed by atoms with van der Waals surface area (Å²) in [7, 11) is 0. The number of nitrogens with zero attached hydrogens (tertiary/aromatic N) is 2. The van der Waals surface area contributed by atoms with Gasteiger partial charge in [0.2, 0.25) is 5.88 Å². The highest BCUT2D eigenvalue weighted by Crippen LogP contribution is 2.27. The molecule has 0 atom stereocenters. The third kappa shape index (κ3) is 6.87. The standard InChI is InChI=1S/C16H16BrF3N4O2/c1-10-2-3-11(7-22-10)4-5-21-15(25)24-13-6-12(17)8-23-14(13)26-9-16(18,19)20/h2-3,6-8H,4-5,9H2,1H3,(H2,21,24,25). The van der Waals surface area contributed by atoms with E-state index >= 15 is 0 Å². The van der Waals surface area contributed by atoms with Gasteiger partial charge in [0, 0.05) is 29.1 Å². The Labute approximate surface area is 156 Å². The van der Waals surface area contributed by atoms with Gasteiger partial charge in [0.1, 0.15) is 5.69 Å². The van der Waals surface area contributed by atoms with Gasteiger partial charge in [0.05, 0.1) is 0 Å². The van der Waals surface area contributed by atoms with Gasteiger partial charge >= 0.3 is 12.2 Å². The molecule has 2 aromatic rings. The highest BCUT2D eigenvalue weighted by Gasteiger charge is 2.29. The lowest BCUT2D eigenvalue weighted by Crippen LogP contribution is -2.31. The van der Waals surface area contributed by atoms with Crippen molar-refractivity contribution in [3.05, 3.63) is 46.3 Å². The highest BCUT2D eigenvalue weighted by molar-refractivity contribution is 9.10. The Balaban J connectivity index is 1.90. The molecule has 0 aliphatic heterocycles. The molecule has 0 unspecified atom stereocenters. The molecule has 0 aliphatic carbocycles. The first-order chi connectivity index (χ1) is 12.2. The first-order valence-corrected chi connectivity index (χ1v) is 8.34. The van der Waals surface area contributed by atoms with Gasteiger partial charge in [0.25, 0.3) is 0 Å². The third-order valence-corrected chi connectivity index (χ3v) is 3.54. The SMILES string of the molecule is Cc1ccc(CCNC(=O)Nc2cc(Br)cnc2OCC(F)(F)F)cn1. The Morgan fingerprint density at radius 2 is 2.04 bits per heavy atom. The zero-order chi connectivity index (χ0) is 19.2. The molecule has 10 heteroatoms. The topological polar surface area (TPSA) is 76.1 Å². The van der Waals surface area contributed by atoms with Crippen LogP contribution in [0, 0.1) is 6.92 Å². The fraction of sp³-hybridized carbons (Fsp3) is 0.312. The molecule has 2 amide bonds. The molecular weight excluding hydrogens is 417 g/mol. The number of alkyl halides is 3. The summed E-state index contributed by atoms with van der Waals surface area (Å²) in [5.41, 5.74) is 1.88. The van der Waals surface area contributed by atoms with Crippen LogP contribution in [0.5, 0.6) is 5.88 Å². The molecule has 0 fully saturated rings. The number of hydrogen-bond donors (Lipinski definition) is 2. The summed E-state index contributed by atoms with van der Waals surface area (Å²) >= 11 is 3.15. The molecule has 2 rings (SSSR count). The number of halogens is 4. The van der Waals surface area contributed by atoms with Crippen molar-refractivity contribution in [2.75, 3.05) is 18.5 Å². The van der Waals surface area contributed by atoms with Gasteiger partial charge in [0.15, 0.2) is 6.61 Å². The van der Waals surface area contributed by atoms with Crippen LogP contribution >= 0.6 is 15.9 Å². The highest BCUT2D eigenvalue weighted by atomic mass is 79.9. The first kappa shape index (κ1) is 20.0. The van der Waals surface area contributed by atoms with Gasteiger partial charge in [-0.2, -0.15) is 13.2 Å². The fourth-order valence-corrected chi connectivity index (χ4v) is 2.25. The maximum atomic E-state index is 12.3. The van der Waals surface area contributed by atoms with E-state index in [1.807, 2.05) is 19.1 Å². The van der Waals surface area contributed by atoms with E-state index in [4.69, 9.17) is 0 Å². The zero-order valence-electron chi connectivity index (χ0n) is 13.7. The molecule has 0 saturated carbocycles. The van der Waals surface area contributed by atoms with E-state index in [1.165, 1.54) is 12.3 Å². The van der Waals surface area contributed by atoms with Crippen molar-refractivity contribution >= 4 is 27.6 Å². The number of urea groups is 1. The van der Waals surface area contributed by atoms with Crippen LogP contribution < -0.4 is 15.4 Å². The number of amides is 2. The molecule has 2 heterocycles. The molecule has 0 aliphatic rings. The van der Waals surface area contributed by atoms with Gasteiger partial charge in [-0.05, 0) is 47.0 Å². The quantitative estimate of drug-likeness (QED) is 0.726. The molecule has 2 N–H and O–H groups in total. The van der Waals surface area contributed by atoms with Crippen LogP contribution in [0.25, 0.3) is 0 Å². The minimum Gasteiger partial charge on any atom is -0.467 e. The summed E-state index contributed by atoms with van der Waals surface area (Å²) < 4.78 is 42.0. The zero-order valence-corrected chi connectivity index (χ0v) is 15.3. The second-order valence-corrected chi connectivity index (χ2v) is 6.26. The predicted octanol–water partition coefficient (Wildman–Crippen LogP) is 3.85. The molecule has 0 spiro atoms. The van der Waals surface area contributed by atoms with Gasteiger partial charge < -0.3 is 15.4 Å². The number of rotatable bonds is 6. The number of nitrogens with one attached hydrogen (secondary N) is 2. The number of carbonyl (C=O) groups excluding carboxylic acids is 1. The fourth-order valence-electron chi connectivity index (χ4n) is 1.91. The van der Waals surface area contributed by atoms with Crippen LogP contribution in [-0.4, -0.2) is 35.3 Å². The van der Waals surface area contributed by atoms with E-state index in [0.717, 1.165) is 11.3 Å². The van der Waals surface area contributed by atoms with Crippen LogP contribution in [0.3, 0.4) is 0 Å².